The van der Waals surface area contributed by atoms with Gasteiger partial charge in [-0.15, -0.1) is 0 Å². The summed E-state index contributed by atoms with van der Waals surface area (Å²) in [6.07, 6.45) is 65.6. The molecule has 1 unspecified atom stereocenters. The molecule has 0 heterocycles. The van der Waals surface area contributed by atoms with Crippen molar-refractivity contribution < 1.29 is 28.6 Å². The minimum atomic E-state index is -0.775. The van der Waals surface area contributed by atoms with Crippen molar-refractivity contribution in [2.24, 2.45) is 0 Å². The van der Waals surface area contributed by atoms with Gasteiger partial charge in [-0.2, -0.15) is 0 Å². The molecule has 0 bridgehead atoms. The highest BCUT2D eigenvalue weighted by atomic mass is 16.6. The first-order valence-electron chi connectivity index (χ1n) is 28.1. The zero-order valence-electron chi connectivity index (χ0n) is 43.3. The van der Waals surface area contributed by atoms with Crippen LogP contribution in [-0.2, 0) is 28.6 Å². The summed E-state index contributed by atoms with van der Waals surface area (Å²) >= 11 is 0. The standard InChI is InChI=1S/C59H106O6/c1-4-7-10-13-16-18-20-22-24-26-28-29-30-32-33-35-37-39-41-43-46-49-52-58(61)64-55-56(54-63-57(60)51-48-45-15-12-9-6-3)65-59(62)53-50-47-44-42-40-38-36-34-31-27-25-23-21-19-17-14-11-8-5-2/h8,11,17,19,23,25,31,34,56H,4-7,9-10,12-16,18,20-22,24,26-30,32-33,35-55H2,1-3H3/b11-8-,19-17-,25-23-,34-31-. The molecule has 0 aliphatic heterocycles. The molecule has 0 saturated carbocycles. The number of carbonyl (C=O) groups is 3. The maximum Gasteiger partial charge on any atom is 0.306 e. The Bertz CT molecular complexity index is 1140. The van der Waals surface area contributed by atoms with E-state index in [-0.39, 0.29) is 31.1 Å². The number of hydrogen-bond acceptors (Lipinski definition) is 6. The van der Waals surface area contributed by atoms with Gasteiger partial charge in [-0.05, 0) is 57.8 Å². The molecule has 0 amide bonds. The second-order valence-electron chi connectivity index (χ2n) is 18.8. The van der Waals surface area contributed by atoms with Crippen LogP contribution in [0.15, 0.2) is 48.6 Å². The highest BCUT2D eigenvalue weighted by molar-refractivity contribution is 5.71. The number of allylic oxidation sites excluding steroid dienone is 8. The summed E-state index contributed by atoms with van der Waals surface area (Å²) in [4.78, 5) is 37.8. The molecule has 0 aliphatic carbocycles. The third-order valence-electron chi connectivity index (χ3n) is 12.3. The molecule has 0 aromatic heterocycles. The van der Waals surface area contributed by atoms with Crippen LogP contribution in [0.2, 0.25) is 0 Å². The molecule has 0 radical (unpaired) electrons. The average molecular weight is 911 g/mol. The van der Waals surface area contributed by atoms with Crippen molar-refractivity contribution in [1.29, 1.82) is 0 Å². The SMILES string of the molecule is CC/C=C\C/C=C\C/C=C\C/C=C\CCCCCCCCC(=O)OC(COC(=O)CCCCCCCC)COC(=O)CCCCCCCCCCCCCCCCCCCCCCCC. The number of carbonyl (C=O) groups excluding carboxylic acids is 3. The van der Waals surface area contributed by atoms with E-state index < -0.39 is 6.10 Å². The van der Waals surface area contributed by atoms with E-state index in [0.717, 1.165) is 96.3 Å². The number of esters is 3. The summed E-state index contributed by atoms with van der Waals surface area (Å²) in [7, 11) is 0. The van der Waals surface area contributed by atoms with Gasteiger partial charge < -0.3 is 14.2 Å². The van der Waals surface area contributed by atoms with Gasteiger partial charge in [0.1, 0.15) is 13.2 Å². The van der Waals surface area contributed by atoms with Crippen LogP contribution in [0.4, 0.5) is 0 Å². The second kappa shape index (κ2) is 54.0. The van der Waals surface area contributed by atoms with Crippen molar-refractivity contribution >= 4 is 17.9 Å². The van der Waals surface area contributed by atoms with E-state index in [9.17, 15) is 14.4 Å². The van der Waals surface area contributed by atoms with E-state index in [2.05, 4.69) is 69.4 Å². The summed E-state index contributed by atoms with van der Waals surface area (Å²) in [6.45, 7) is 6.49. The first kappa shape index (κ1) is 62.4. The van der Waals surface area contributed by atoms with Gasteiger partial charge in [0, 0.05) is 19.3 Å². The lowest BCUT2D eigenvalue weighted by Gasteiger charge is -2.18. The predicted octanol–water partition coefficient (Wildman–Crippen LogP) is 18.7. The predicted molar refractivity (Wildman–Crippen MR) is 279 cm³/mol. The Morgan fingerprint density at radius 1 is 0.323 bits per heavy atom. The molecule has 65 heavy (non-hydrogen) atoms. The molecule has 0 spiro atoms. The third-order valence-corrected chi connectivity index (χ3v) is 12.3. The molecular weight excluding hydrogens is 805 g/mol. The Labute approximate surface area is 403 Å². The molecule has 6 nitrogen and oxygen atoms in total. The van der Waals surface area contributed by atoms with Crippen LogP contribution in [-0.4, -0.2) is 37.2 Å². The smallest absolute Gasteiger partial charge is 0.306 e. The number of hydrogen-bond donors (Lipinski definition) is 0. The average Bonchev–Trinajstić information content (AvgIpc) is 3.30. The Balaban J connectivity index is 4.14. The van der Waals surface area contributed by atoms with E-state index in [1.165, 1.54) is 154 Å². The van der Waals surface area contributed by atoms with Crippen LogP contribution in [0.3, 0.4) is 0 Å². The van der Waals surface area contributed by atoms with E-state index in [1.54, 1.807) is 0 Å². The lowest BCUT2D eigenvalue weighted by Crippen LogP contribution is -2.30. The van der Waals surface area contributed by atoms with Crippen molar-refractivity contribution in [3.63, 3.8) is 0 Å². The van der Waals surface area contributed by atoms with E-state index in [4.69, 9.17) is 14.2 Å². The zero-order valence-corrected chi connectivity index (χ0v) is 43.3. The minimum Gasteiger partial charge on any atom is -0.462 e. The van der Waals surface area contributed by atoms with Crippen LogP contribution >= 0.6 is 0 Å². The summed E-state index contributed by atoms with van der Waals surface area (Å²) in [5, 5.41) is 0. The molecule has 1 atom stereocenters. The fraction of sp³-hybridized carbons (Fsp3) is 0.814. The summed E-state index contributed by atoms with van der Waals surface area (Å²) in [5.74, 6) is -0.888. The fourth-order valence-corrected chi connectivity index (χ4v) is 8.14. The van der Waals surface area contributed by atoms with E-state index >= 15 is 0 Å². The van der Waals surface area contributed by atoms with Crippen molar-refractivity contribution in [3.8, 4) is 0 Å². The van der Waals surface area contributed by atoms with Crippen molar-refractivity contribution in [3.05, 3.63) is 48.6 Å². The van der Waals surface area contributed by atoms with Gasteiger partial charge in [0.2, 0.25) is 0 Å². The van der Waals surface area contributed by atoms with E-state index in [0.29, 0.717) is 19.3 Å². The van der Waals surface area contributed by atoms with Crippen LogP contribution in [0.25, 0.3) is 0 Å². The lowest BCUT2D eigenvalue weighted by atomic mass is 10.0. The molecular formula is C59H106O6. The number of rotatable bonds is 51. The number of unbranched alkanes of at least 4 members (excludes halogenated alkanes) is 32. The quantitative estimate of drug-likeness (QED) is 0.0262. The minimum absolute atomic E-state index is 0.0759. The van der Waals surface area contributed by atoms with Gasteiger partial charge in [0.15, 0.2) is 6.10 Å². The first-order valence-corrected chi connectivity index (χ1v) is 28.1. The lowest BCUT2D eigenvalue weighted by molar-refractivity contribution is -0.167. The zero-order chi connectivity index (χ0) is 47.2. The fourth-order valence-electron chi connectivity index (χ4n) is 8.14. The van der Waals surface area contributed by atoms with Crippen LogP contribution < -0.4 is 0 Å². The Morgan fingerprint density at radius 3 is 0.938 bits per heavy atom. The third kappa shape index (κ3) is 52.2. The van der Waals surface area contributed by atoms with Crippen molar-refractivity contribution in [2.75, 3.05) is 13.2 Å². The summed E-state index contributed by atoms with van der Waals surface area (Å²) in [5.41, 5.74) is 0. The highest BCUT2D eigenvalue weighted by Gasteiger charge is 2.19. The second-order valence-corrected chi connectivity index (χ2v) is 18.8. The Kier molecular flexibility index (Phi) is 51.8. The van der Waals surface area contributed by atoms with Crippen molar-refractivity contribution in [2.45, 2.75) is 297 Å². The van der Waals surface area contributed by atoms with Gasteiger partial charge >= 0.3 is 17.9 Å². The molecule has 0 fully saturated rings. The molecule has 378 valence electrons. The van der Waals surface area contributed by atoms with Crippen LogP contribution in [0.5, 0.6) is 0 Å². The summed E-state index contributed by atoms with van der Waals surface area (Å²) < 4.78 is 16.7. The van der Waals surface area contributed by atoms with Gasteiger partial charge in [-0.3, -0.25) is 14.4 Å². The largest absolute Gasteiger partial charge is 0.462 e. The van der Waals surface area contributed by atoms with Gasteiger partial charge in [-0.1, -0.05) is 262 Å². The Hall–Kier alpha value is -2.63. The monoisotopic (exact) mass is 911 g/mol. The summed E-state index contributed by atoms with van der Waals surface area (Å²) in [6, 6.07) is 0. The topological polar surface area (TPSA) is 78.9 Å². The molecule has 0 rings (SSSR count). The molecule has 0 aromatic carbocycles. The molecule has 0 aliphatic rings. The van der Waals surface area contributed by atoms with Crippen LogP contribution in [0, 0.1) is 0 Å². The Morgan fingerprint density at radius 2 is 0.600 bits per heavy atom. The van der Waals surface area contributed by atoms with Gasteiger partial charge in [-0.25, -0.2) is 0 Å². The first-order chi connectivity index (χ1) is 32.0. The van der Waals surface area contributed by atoms with Crippen molar-refractivity contribution in [1.82, 2.24) is 0 Å². The molecule has 0 aromatic rings. The maximum atomic E-state index is 12.8. The van der Waals surface area contributed by atoms with Gasteiger partial charge in [0.25, 0.3) is 0 Å². The van der Waals surface area contributed by atoms with Crippen LogP contribution in [0.1, 0.15) is 290 Å². The molecule has 0 N–H and O–H groups in total. The molecule has 6 heteroatoms. The highest BCUT2D eigenvalue weighted by Crippen LogP contribution is 2.17. The maximum absolute atomic E-state index is 12.8. The van der Waals surface area contributed by atoms with E-state index in [1.807, 2.05) is 0 Å². The van der Waals surface area contributed by atoms with Gasteiger partial charge in [0.05, 0.1) is 0 Å². The normalized spacial score (nSPS) is 12.4. The number of ether oxygens (including phenoxy) is 3. The molecule has 0 saturated heterocycles.